The second kappa shape index (κ2) is 6.79. The molecule has 0 radical (unpaired) electrons. The maximum absolute atomic E-state index is 5.40. The number of hydrogen-bond acceptors (Lipinski definition) is 6. The van der Waals surface area contributed by atoms with Crippen molar-refractivity contribution in [2.24, 2.45) is 7.05 Å². The van der Waals surface area contributed by atoms with Crippen LogP contribution >= 0.6 is 0 Å². The van der Waals surface area contributed by atoms with Crippen LogP contribution in [-0.4, -0.2) is 24.9 Å². The lowest BCUT2D eigenvalue weighted by Gasteiger charge is -2.08. The van der Waals surface area contributed by atoms with Gasteiger partial charge in [-0.25, -0.2) is 9.97 Å². The Morgan fingerprint density at radius 1 is 1.15 bits per heavy atom. The number of benzene rings is 1. The molecule has 0 fully saturated rings. The zero-order valence-electron chi connectivity index (χ0n) is 14.5. The first-order valence-corrected chi connectivity index (χ1v) is 8.27. The summed E-state index contributed by atoms with van der Waals surface area (Å²) in [5.41, 5.74) is 4.62. The molecule has 0 bridgehead atoms. The van der Waals surface area contributed by atoms with Crippen LogP contribution in [0.25, 0.3) is 22.6 Å². The zero-order chi connectivity index (χ0) is 17.9. The van der Waals surface area contributed by atoms with Crippen molar-refractivity contribution in [1.82, 2.24) is 24.9 Å². The van der Waals surface area contributed by atoms with Crippen molar-refractivity contribution in [3.63, 3.8) is 0 Å². The van der Waals surface area contributed by atoms with Crippen LogP contribution in [-0.2, 0) is 13.6 Å². The highest BCUT2D eigenvalue weighted by Gasteiger charge is 2.11. The van der Waals surface area contributed by atoms with Gasteiger partial charge in [0.15, 0.2) is 5.76 Å². The zero-order valence-corrected chi connectivity index (χ0v) is 14.5. The number of nitrogens with one attached hydrogen (secondary N) is 1. The summed E-state index contributed by atoms with van der Waals surface area (Å²) < 4.78 is 7.20. The lowest BCUT2D eigenvalue weighted by Crippen LogP contribution is -2.05. The minimum absolute atomic E-state index is 0.452. The van der Waals surface area contributed by atoms with Gasteiger partial charge in [-0.1, -0.05) is 35.5 Å². The minimum Gasteiger partial charge on any atom is -0.359 e. The first-order valence-electron chi connectivity index (χ1n) is 8.27. The average molecular weight is 346 g/mol. The van der Waals surface area contributed by atoms with Crippen LogP contribution in [0.4, 0.5) is 5.95 Å². The Bertz CT molecular complexity index is 1020. The number of rotatable bonds is 5. The summed E-state index contributed by atoms with van der Waals surface area (Å²) in [6.07, 6.45) is 3.55. The summed E-state index contributed by atoms with van der Waals surface area (Å²) in [6, 6.07) is 13.8. The number of nitrogens with zero attached hydrogens (tertiary/aromatic N) is 5. The first-order chi connectivity index (χ1) is 12.7. The summed E-state index contributed by atoms with van der Waals surface area (Å²) >= 11 is 0. The molecule has 0 amide bonds. The second-order valence-electron chi connectivity index (χ2n) is 5.96. The maximum atomic E-state index is 5.40. The molecule has 0 spiro atoms. The van der Waals surface area contributed by atoms with Crippen LogP contribution in [0.2, 0.25) is 0 Å². The van der Waals surface area contributed by atoms with Gasteiger partial charge in [0.2, 0.25) is 5.95 Å². The molecule has 1 N–H and O–H groups in total. The lowest BCUT2D eigenvalue weighted by atomic mass is 10.1. The van der Waals surface area contributed by atoms with E-state index in [1.54, 1.807) is 17.1 Å². The van der Waals surface area contributed by atoms with E-state index in [1.165, 1.54) is 0 Å². The van der Waals surface area contributed by atoms with Crippen molar-refractivity contribution in [2.45, 2.75) is 13.5 Å². The molecule has 7 heteroatoms. The van der Waals surface area contributed by atoms with E-state index in [4.69, 9.17) is 4.52 Å². The Hall–Kier alpha value is -3.48. The number of aromatic nitrogens is 5. The fourth-order valence-corrected chi connectivity index (χ4v) is 2.70. The molecule has 3 heterocycles. The molecular formula is C19H18N6O. The topological polar surface area (TPSA) is 81.7 Å². The van der Waals surface area contributed by atoms with Gasteiger partial charge in [-0.2, -0.15) is 5.10 Å². The molecule has 1 aromatic carbocycles. The molecule has 0 unspecified atom stereocenters. The van der Waals surface area contributed by atoms with Gasteiger partial charge in [0.1, 0.15) is 5.69 Å². The summed E-state index contributed by atoms with van der Waals surface area (Å²) in [5.74, 6) is 1.25. The standard InChI is InChI=1S/C19H18N6O/c1-13-11-20-19(23-18(13)17-8-9-22-25(17)2)21-12-15-10-16(24-26-15)14-6-4-3-5-7-14/h3-11H,12H2,1-2H3,(H,20,21,23). The van der Waals surface area contributed by atoms with Crippen LogP contribution in [0.3, 0.4) is 0 Å². The largest absolute Gasteiger partial charge is 0.359 e. The predicted octanol–water partition coefficient (Wildman–Crippen LogP) is 3.45. The Morgan fingerprint density at radius 2 is 2.00 bits per heavy atom. The van der Waals surface area contributed by atoms with Gasteiger partial charge in [0, 0.05) is 31.1 Å². The highest BCUT2D eigenvalue weighted by atomic mass is 16.5. The van der Waals surface area contributed by atoms with Crippen LogP contribution in [0.1, 0.15) is 11.3 Å². The number of aryl methyl sites for hydroxylation is 2. The summed E-state index contributed by atoms with van der Waals surface area (Å²) in [7, 11) is 1.89. The molecule has 0 saturated carbocycles. The Kier molecular flexibility index (Phi) is 4.18. The Labute approximate surface area is 150 Å². The number of hydrogen-bond donors (Lipinski definition) is 1. The number of anilines is 1. The van der Waals surface area contributed by atoms with Crippen molar-refractivity contribution < 1.29 is 4.52 Å². The van der Waals surface area contributed by atoms with Gasteiger partial charge in [-0.15, -0.1) is 0 Å². The van der Waals surface area contributed by atoms with Gasteiger partial charge >= 0.3 is 0 Å². The molecule has 4 rings (SSSR count). The quantitative estimate of drug-likeness (QED) is 0.596. The average Bonchev–Trinajstić information content (AvgIpc) is 3.31. The Balaban J connectivity index is 1.51. The van der Waals surface area contributed by atoms with E-state index in [0.29, 0.717) is 12.5 Å². The molecule has 0 aliphatic carbocycles. The normalized spacial score (nSPS) is 10.8. The van der Waals surface area contributed by atoms with E-state index in [0.717, 1.165) is 34.0 Å². The third-order valence-electron chi connectivity index (χ3n) is 4.08. The van der Waals surface area contributed by atoms with Crippen LogP contribution in [0, 0.1) is 6.92 Å². The van der Waals surface area contributed by atoms with E-state index < -0.39 is 0 Å². The SMILES string of the molecule is Cc1cnc(NCc2cc(-c3ccccc3)no2)nc1-c1ccnn1C. The van der Waals surface area contributed by atoms with E-state index in [1.807, 2.05) is 56.4 Å². The Morgan fingerprint density at radius 3 is 2.77 bits per heavy atom. The smallest absolute Gasteiger partial charge is 0.223 e. The van der Waals surface area contributed by atoms with Gasteiger partial charge in [-0.3, -0.25) is 4.68 Å². The van der Waals surface area contributed by atoms with Gasteiger partial charge < -0.3 is 9.84 Å². The fraction of sp³-hybridized carbons (Fsp3) is 0.158. The fourth-order valence-electron chi connectivity index (χ4n) is 2.70. The molecule has 130 valence electrons. The molecule has 0 saturated heterocycles. The third kappa shape index (κ3) is 3.19. The molecule has 0 aliphatic heterocycles. The van der Waals surface area contributed by atoms with Crippen molar-refractivity contribution in [1.29, 1.82) is 0 Å². The van der Waals surface area contributed by atoms with Gasteiger partial charge in [0.05, 0.1) is 17.9 Å². The lowest BCUT2D eigenvalue weighted by molar-refractivity contribution is 0.390. The second-order valence-corrected chi connectivity index (χ2v) is 5.96. The third-order valence-corrected chi connectivity index (χ3v) is 4.08. The van der Waals surface area contributed by atoms with Crippen molar-refractivity contribution in [3.05, 3.63) is 66.2 Å². The maximum Gasteiger partial charge on any atom is 0.223 e. The molecule has 4 aromatic rings. The van der Waals surface area contributed by atoms with Crippen molar-refractivity contribution >= 4 is 5.95 Å². The van der Waals surface area contributed by atoms with Crippen LogP contribution < -0.4 is 5.32 Å². The van der Waals surface area contributed by atoms with Crippen LogP contribution in [0.5, 0.6) is 0 Å². The van der Waals surface area contributed by atoms with E-state index in [9.17, 15) is 0 Å². The van der Waals surface area contributed by atoms with E-state index in [2.05, 4.69) is 25.5 Å². The van der Waals surface area contributed by atoms with Crippen LogP contribution in [0.15, 0.2) is 59.4 Å². The molecule has 0 aliphatic rings. The van der Waals surface area contributed by atoms with Gasteiger partial charge in [0.25, 0.3) is 0 Å². The first kappa shape index (κ1) is 16.0. The van der Waals surface area contributed by atoms with Crippen molar-refractivity contribution in [3.8, 4) is 22.6 Å². The van der Waals surface area contributed by atoms with Crippen molar-refractivity contribution in [2.75, 3.05) is 5.32 Å². The van der Waals surface area contributed by atoms with Gasteiger partial charge in [-0.05, 0) is 18.6 Å². The predicted molar refractivity (Wildman–Crippen MR) is 98.2 cm³/mol. The summed E-state index contributed by atoms with van der Waals surface area (Å²) in [4.78, 5) is 8.96. The molecule has 0 atom stereocenters. The highest BCUT2D eigenvalue weighted by molar-refractivity contribution is 5.60. The highest BCUT2D eigenvalue weighted by Crippen LogP contribution is 2.22. The minimum atomic E-state index is 0.452. The van der Waals surface area contributed by atoms with E-state index in [-0.39, 0.29) is 0 Å². The van der Waals surface area contributed by atoms with E-state index >= 15 is 0 Å². The molecule has 3 aromatic heterocycles. The summed E-state index contributed by atoms with van der Waals surface area (Å²) in [5, 5.41) is 11.5. The molecule has 7 nitrogen and oxygen atoms in total. The molecular weight excluding hydrogens is 328 g/mol. The monoisotopic (exact) mass is 346 g/mol. The summed E-state index contributed by atoms with van der Waals surface area (Å²) in [6.45, 7) is 2.43. The molecule has 26 heavy (non-hydrogen) atoms.